The highest BCUT2D eigenvalue weighted by atomic mass is 31.2. The van der Waals surface area contributed by atoms with Gasteiger partial charge in [0.15, 0.2) is 18.9 Å². The molecule has 3 fully saturated rings. The summed E-state index contributed by atoms with van der Waals surface area (Å²) in [6, 6.07) is 0. The molecular formula is C57H111N6O28P. The number of amides is 5. The van der Waals surface area contributed by atoms with Gasteiger partial charge in [0.2, 0.25) is 29.5 Å². The first-order valence-corrected chi connectivity index (χ1v) is 33.0. The van der Waals surface area contributed by atoms with E-state index in [1.807, 2.05) is 13.8 Å². The number of unbranched alkanes of at least 4 members (excludes halogenated alkanes) is 3. The lowest BCUT2D eigenvalue weighted by molar-refractivity contribution is -0.282. The van der Waals surface area contributed by atoms with Crippen LogP contribution in [-0.4, -0.2) is 293 Å². The van der Waals surface area contributed by atoms with E-state index < -0.39 is 161 Å². The Bertz CT molecular complexity index is 1870. The summed E-state index contributed by atoms with van der Waals surface area (Å²) in [7, 11) is -1.26. The van der Waals surface area contributed by atoms with Crippen LogP contribution >= 0.6 is 7.82 Å². The molecule has 92 heavy (non-hydrogen) atoms. The predicted molar refractivity (Wildman–Crippen MR) is 325 cm³/mol. The summed E-state index contributed by atoms with van der Waals surface area (Å²) < 4.78 is 76.0. The largest absolute Gasteiger partial charge is 0.471 e. The summed E-state index contributed by atoms with van der Waals surface area (Å²) in [5.74, 6) is -4.37. The molecule has 3 rings (SSSR count). The molecule has 0 spiro atoms. The van der Waals surface area contributed by atoms with Crippen LogP contribution in [0.5, 0.6) is 0 Å². The van der Waals surface area contributed by atoms with Gasteiger partial charge in [0, 0.05) is 70.9 Å². The van der Waals surface area contributed by atoms with E-state index >= 15 is 0 Å². The monoisotopic (exact) mass is 1360 g/mol. The van der Waals surface area contributed by atoms with Crippen molar-refractivity contribution in [3.05, 3.63) is 0 Å². The molecule has 34 nitrogen and oxygen atoms in total. The number of ether oxygens (including phenoxy) is 10. The molecule has 0 saturated carbocycles. The average Bonchev–Trinajstić information content (AvgIpc) is 0.928. The standard InChI is InChI=1S/C48H87N5O24.C7H18NO4P.C2H6/c1-28-39(62)42(65)31(21-54)75-45(28)72-14-5-11-49-34(57)8-17-69-24-48(53-38(61)20-37(60)52-27-68-4,25-70-18-9-35(58)50-12-6-15-73-46-29(2)40(63)43(66)32(22-55)76-46)26-71-19-10-36(59)51-13-7-16-74-47-30(3)41(64)44(67)33(23-56)77-47;1-11-13(9,10)12-7-5-3-2-4-6-8;1-2/h28-33,39-47,54-56,62-67H,5-27H2,1-4H3,(H,49,57)(H,50,58)(H,51,59)(H,52,60)(H,53,61);2-8H2,1H3,(H,9,10);1-2H3/t28?,29?,30?,31?,32?,33?,39-,40-,41-,42+,43+,44+,45-,46-,47-,48?;;/m1../s1. The molecule has 3 saturated heterocycles. The van der Waals surface area contributed by atoms with E-state index in [1.165, 1.54) is 7.11 Å². The van der Waals surface area contributed by atoms with Gasteiger partial charge in [-0.1, -0.05) is 47.5 Å². The van der Waals surface area contributed by atoms with Crippen molar-refractivity contribution in [1.82, 2.24) is 26.6 Å². The molecule has 35 heteroatoms. The van der Waals surface area contributed by atoms with Gasteiger partial charge in [0.05, 0.1) is 104 Å². The van der Waals surface area contributed by atoms with Gasteiger partial charge in [-0.3, -0.25) is 33.0 Å². The smallest absolute Gasteiger partial charge is 0.394 e. The second-order valence-corrected chi connectivity index (χ2v) is 23.6. The number of aliphatic hydroxyl groups excluding tert-OH is 9. The number of phosphoric acid groups is 1. The van der Waals surface area contributed by atoms with Crippen LogP contribution in [-0.2, 0) is 85.0 Å². The molecule has 3 aliphatic rings. The van der Waals surface area contributed by atoms with Gasteiger partial charge in [0.25, 0.3) is 0 Å². The zero-order chi connectivity index (χ0) is 69.1. The van der Waals surface area contributed by atoms with E-state index in [1.54, 1.807) is 20.8 Å². The van der Waals surface area contributed by atoms with Crippen molar-refractivity contribution in [1.29, 1.82) is 0 Å². The van der Waals surface area contributed by atoms with Crippen LogP contribution in [0.4, 0.5) is 0 Å². The normalized spacial score (nSPS) is 27.6. The third-order valence-electron chi connectivity index (χ3n) is 14.6. The van der Waals surface area contributed by atoms with Crippen LogP contribution in [0, 0.1) is 17.8 Å². The lowest BCUT2D eigenvalue weighted by Crippen LogP contribution is -2.59. The van der Waals surface area contributed by atoms with Crippen LogP contribution in [0.1, 0.15) is 105 Å². The quantitative estimate of drug-likeness (QED) is 0.0121. The average molecular weight is 1360 g/mol. The van der Waals surface area contributed by atoms with E-state index in [9.17, 15) is 74.5 Å². The predicted octanol–water partition coefficient (Wildman–Crippen LogP) is -3.74. The summed E-state index contributed by atoms with van der Waals surface area (Å²) in [6.07, 6.45) is -9.28. The molecule has 0 aromatic rings. The highest BCUT2D eigenvalue weighted by Crippen LogP contribution is 2.42. The second-order valence-electron chi connectivity index (χ2n) is 22.1. The third-order valence-corrected chi connectivity index (χ3v) is 15.6. The van der Waals surface area contributed by atoms with Gasteiger partial charge in [-0.2, -0.15) is 0 Å². The summed E-state index contributed by atoms with van der Waals surface area (Å²) in [4.78, 5) is 73.1. The zero-order valence-electron chi connectivity index (χ0n) is 54.5. The van der Waals surface area contributed by atoms with E-state index in [0.29, 0.717) is 25.8 Å². The van der Waals surface area contributed by atoms with Crippen molar-refractivity contribution >= 4 is 37.4 Å². The van der Waals surface area contributed by atoms with E-state index in [-0.39, 0.29) is 112 Å². The number of nitrogens with one attached hydrogen (secondary N) is 5. The first-order chi connectivity index (χ1) is 43.9. The van der Waals surface area contributed by atoms with Gasteiger partial charge in [-0.05, 0) is 38.6 Å². The Kier molecular flexibility index (Phi) is 47.2. The highest BCUT2D eigenvalue weighted by molar-refractivity contribution is 7.47. The highest BCUT2D eigenvalue weighted by Gasteiger charge is 2.45. The summed E-state index contributed by atoms with van der Waals surface area (Å²) in [6.45, 7) is 7.62. The van der Waals surface area contributed by atoms with Crippen molar-refractivity contribution in [3.8, 4) is 0 Å². The van der Waals surface area contributed by atoms with Crippen LogP contribution in [0.3, 0.4) is 0 Å². The molecule has 3 heterocycles. The maximum absolute atomic E-state index is 13.4. The molecule has 0 radical (unpaired) electrons. The SMILES string of the molecule is CC.COCNC(=O)CC(=O)NC(COCCC(=O)NCCCO[C@@H]1OC(CO)[C@H](O)[C@H](O)C1C)(COCCC(=O)NCCCO[C@@H]1OC(CO)[C@H](O)[C@H](O)C1C)COCCC(=O)NCCCO[C@@H]1OC(CO)[C@H](O)[C@H](O)C1C.COP(=O)(O)OCCCCCCN. The van der Waals surface area contributed by atoms with Crippen molar-refractivity contribution in [2.75, 3.05) is 133 Å². The van der Waals surface area contributed by atoms with E-state index in [2.05, 4.69) is 35.6 Å². The topological polar surface area (TPSA) is 502 Å². The van der Waals surface area contributed by atoms with Crippen LogP contribution in [0.2, 0.25) is 0 Å². The van der Waals surface area contributed by atoms with E-state index in [0.717, 1.165) is 32.8 Å². The van der Waals surface area contributed by atoms with Crippen LogP contribution in [0.15, 0.2) is 0 Å². The molecular weight excluding hydrogens is 1250 g/mol. The minimum Gasteiger partial charge on any atom is -0.394 e. The number of nitrogens with two attached hydrogens (primary N) is 1. The minimum absolute atomic E-state index is 0.121. The Hall–Kier alpha value is -3.34. The van der Waals surface area contributed by atoms with Gasteiger partial charge in [-0.25, -0.2) is 4.57 Å². The molecule has 0 aromatic carbocycles. The Morgan fingerprint density at radius 1 is 0.489 bits per heavy atom. The number of rotatable bonds is 46. The maximum Gasteiger partial charge on any atom is 0.471 e. The molecule has 5 amide bonds. The zero-order valence-corrected chi connectivity index (χ0v) is 55.4. The molecule has 17 N–H and O–H groups in total. The van der Waals surface area contributed by atoms with Gasteiger partial charge in [-0.15, -0.1) is 0 Å². The van der Waals surface area contributed by atoms with Crippen LogP contribution in [0.25, 0.3) is 0 Å². The Morgan fingerprint density at radius 2 is 0.848 bits per heavy atom. The summed E-state index contributed by atoms with van der Waals surface area (Å²) >= 11 is 0. The second kappa shape index (κ2) is 50.1. The van der Waals surface area contributed by atoms with E-state index in [4.69, 9.17) is 58.0 Å². The first kappa shape index (κ1) is 86.7. The number of aliphatic hydroxyl groups is 9. The Balaban J connectivity index is 0.00000250. The fraction of sp³-hybridized carbons (Fsp3) is 0.912. The number of carbonyl (C=O) groups excluding carboxylic acids is 5. The fourth-order valence-corrected chi connectivity index (χ4v) is 9.52. The summed E-state index contributed by atoms with van der Waals surface area (Å²) in [5, 5.41) is 103. The lowest BCUT2D eigenvalue weighted by atomic mass is 9.92. The molecule has 16 atom stereocenters. The third kappa shape index (κ3) is 34.6. The molecule has 3 aliphatic heterocycles. The number of phosphoric ester groups is 1. The Morgan fingerprint density at radius 3 is 1.17 bits per heavy atom. The first-order valence-electron chi connectivity index (χ1n) is 31.5. The van der Waals surface area contributed by atoms with Gasteiger partial charge in [0.1, 0.15) is 55.3 Å². The molecule has 542 valence electrons. The van der Waals surface area contributed by atoms with Crippen molar-refractivity contribution in [2.45, 2.75) is 185 Å². The number of carbonyl (C=O) groups is 5. The van der Waals surface area contributed by atoms with Crippen molar-refractivity contribution < 1.29 is 136 Å². The van der Waals surface area contributed by atoms with Gasteiger partial charge < -0.3 is 131 Å². The molecule has 0 aromatic heterocycles. The lowest BCUT2D eigenvalue weighted by Gasteiger charge is -2.40. The Labute approximate surface area is 539 Å². The maximum atomic E-state index is 13.4. The fourth-order valence-electron chi connectivity index (χ4n) is 9.06. The summed E-state index contributed by atoms with van der Waals surface area (Å²) in [5.41, 5.74) is 3.76. The molecule has 7 unspecified atom stereocenters. The molecule has 0 bridgehead atoms. The van der Waals surface area contributed by atoms with Crippen LogP contribution < -0.4 is 32.3 Å². The van der Waals surface area contributed by atoms with Crippen molar-refractivity contribution in [2.24, 2.45) is 23.5 Å². The number of hydrogen-bond donors (Lipinski definition) is 16. The minimum atomic E-state index is -3.75. The van der Waals surface area contributed by atoms with Crippen molar-refractivity contribution in [3.63, 3.8) is 0 Å². The number of hydrogen-bond acceptors (Lipinski definition) is 28. The molecule has 0 aliphatic carbocycles. The van der Waals surface area contributed by atoms with Gasteiger partial charge >= 0.3 is 7.82 Å². The number of methoxy groups -OCH3 is 1.